The minimum Gasteiger partial charge on any atom is -0.357 e. The third kappa shape index (κ3) is 7.83. The van der Waals surface area contributed by atoms with Crippen molar-refractivity contribution in [2.24, 2.45) is 0 Å². The summed E-state index contributed by atoms with van der Waals surface area (Å²) in [5.74, 6) is 1.16. The summed E-state index contributed by atoms with van der Waals surface area (Å²) in [6.07, 6.45) is 3.66. The van der Waals surface area contributed by atoms with Crippen molar-refractivity contribution in [1.82, 2.24) is 9.88 Å². The maximum atomic E-state index is 4.60. The molecule has 3 nitrogen and oxygen atoms in total. The summed E-state index contributed by atoms with van der Waals surface area (Å²) in [4.78, 5) is 8.97. The lowest BCUT2D eigenvalue weighted by Gasteiger charge is -2.16. The summed E-state index contributed by atoms with van der Waals surface area (Å²) < 4.78 is 0. The Balaban J connectivity index is 0.000000467. The van der Waals surface area contributed by atoms with Gasteiger partial charge in [-0.25, -0.2) is 4.98 Å². The molecule has 1 saturated heterocycles. The SMILES string of the molecule is CC.CCc1cccc(N2CCCC2)n1.CN(C)C. The van der Waals surface area contributed by atoms with Crippen LogP contribution in [0.5, 0.6) is 0 Å². The van der Waals surface area contributed by atoms with Crippen molar-refractivity contribution in [2.75, 3.05) is 39.1 Å². The van der Waals surface area contributed by atoms with Crippen molar-refractivity contribution in [3.8, 4) is 0 Å². The zero-order valence-electron chi connectivity index (χ0n) is 13.6. The highest BCUT2D eigenvalue weighted by Gasteiger charge is 2.12. The molecule has 0 unspecified atom stereocenters. The molecular weight excluding hydrogens is 234 g/mol. The molecule has 0 aliphatic carbocycles. The van der Waals surface area contributed by atoms with Crippen LogP contribution in [-0.4, -0.2) is 44.1 Å². The van der Waals surface area contributed by atoms with Gasteiger partial charge in [0.1, 0.15) is 5.82 Å². The highest BCUT2D eigenvalue weighted by atomic mass is 15.2. The van der Waals surface area contributed by atoms with Crippen LogP contribution < -0.4 is 4.90 Å². The predicted molar refractivity (Wildman–Crippen MR) is 86.0 cm³/mol. The summed E-state index contributed by atoms with van der Waals surface area (Å²) in [6.45, 7) is 8.51. The molecule has 0 amide bonds. The van der Waals surface area contributed by atoms with Crippen LogP contribution in [0, 0.1) is 0 Å². The Kier molecular flexibility index (Phi) is 10.2. The molecule has 1 aliphatic rings. The number of aryl methyl sites for hydroxylation is 1. The number of nitrogens with zero attached hydrogens (tertiary/aromatic N) is 3. The van der Waals surface area contributed by atoms with E-state index in [9.17, 15) is 0 Å². The highest BCUT2D eigenvalue weighted by Crippen LogP contribution is 2.17. The van der Waals surface area contributed by atoms with Gasteiger partial charge in [0.2, 0.25) is 0 Å². The van der Waals surface area contributed by atoms with Crippen LogP contribution in [0.1, 0.15) is 39.3 Å². The van der Waals surface area contributed by atoms with Crippen LogP contribution in [0.2, 0.25) is 0 Å². The van der Waals surface area contributed by atoms with Crippen LogP contribution in [0.4, 0.5) is 5.82 Å². The van der Waals surface area contributed by atoms with E-state index in [1.165, 1.54) is 31.6 Å². The fourth-order valence-corrected chi connectivity index (χ4v) is 1.79. The van der Waals surface area contributed by atoms with Crippen molar-refractivity contribution in [3.05, 3.63) is 23.9 Å². The fraction of sp³-hybridized carbons (Fsp3) is 0.688. The largest absolute Gasteiger partial charge is 0.357 e. The maximum absolute atomic E-state index is 4.60. The second kappa shape index (κ2) is 10.8. The van der Waals surface area contributed by atoms with Crippen LogP contribution in [0.3, 0.4) is 0 Å². The molecule has 0 atom stereocenters. The Morgan fingerprint density at radius 1 is 1.11 bits per heavy atom. The molecule has 110 valence electrons. The topological polar surface area (TPSA) is 19.4 Å². The molecule has 0 aromatic carbocycles. The minimum atomic E-state index is 1.03. The lowest BCUT2D eigenvalue weighted by atomic mass is 10.3. The quantitative estimate of drug-likeness (QED) is 0.816. The van der Waals surface area contributed by atoms with Gasteiger partial charge in [-0.15, -0.1) is 0 Å². The number of hydrogen-bond donors (Lipinski definition) is 0. The lowest BCUT2D eigenvalue weighted by Crippen LogP contribution is -2.19. The second-order valence-corrected chi connectivity index (χ2v) is 4.88. The zero-order valence-corrected chi connectivity index (χ0v) is 13.6. The maximum Gasteiger partial charge on any atom is 0.128 e. The molecule has 19 heavy (non-hydrogen) atoms. The third-order valence-corrected chi connectivity index (χ3v) is 2.58. The Morgan fingerprint density at radius 3 is 2.11 bits per heavy atom. The van der Waals surface area contributed by atoms with E-state index >= 15 is 0 Å². The lowest BCUT2D eigenvalue weighted by molar-refractivity contribution is 0.505. The van der Waals surface area contributed by atoms with Crippen molar-refractivity contribution < 1.29 is 0 Å². The molecule has 2 rings (SSSR count). The molecule has 0 N–H and O–H groups in total. The van der Waals surface area contributed by atoms with Gasteiger partial charge >= 0.3 is 0 Å². The first-order valence-electron chi connectivity index (χ1n) is 7.45. The average molecular weight is 265 g/mol. The highest BCUT2D eigenvalue weighted by molar-refractivity contribution is 5.40. The summed E-state index contributed by atoms with van der Waals surface area (Å²) in [5.41, 5.74) is 1.20. The Bertz CT molecular complexity index is 315. The summed E-state index contributed by atoms with van der Waals surface area (Å²) in [7, 11) is 6.00. The molecule has 0 spiro atoms. The van der Waals surface area contributed by atoms with Crippen LogP contribution >= 0.6 is 0 Å². The normalized spacial score (nSPS) is 13.5. The van der Waals surface area contributed by atoms with Gasteiger partial charge in [-0.1, -0.05) is 26.8 Å². The van der Waals surface area contributed by atoms with E-state index in [0.29, 0.717) is 0 Å². The molecule has 1 aromatic heterocycles. The average Bonchev–Trinajstić information content (AvgIpc) is 2.94. The van der Waals surface area contributed by atoms with Gasteiger partial charge in [-0.3, -0.25) is 0 Å². The van der Waals surface area contributed by atoms with Crippen LogP contribution in [0.25, 0.3) is 0 Å². The number of anilines is 1. The molecule has 0 radical (unpaired) electrons. The second-order valence-electron chi connectivity index (χ2n) is 4.88. The summed E-state index contributed by atoms with van der Waals surface area (Å²) in [6, 6.07) is 6.32. The van der Waals surface area contributed by atoms with Gasteiger partial charge in [0.05, 0.1) is 0 Å². The van der Waals surface area contributed by atoms with Gasteiger partial charge in [0.15, 0.2) is 0 Å². The minimum absolute atomic E-state index is 1.03. The number of pyridine rings is 1. The molecular formula is C16H31N3. The van der Waals surface area contributed by atoms with E-state index in [-0.39, 0.29) is 0 Å². The van der Waals surface area contributed by atoms with Gasteiger partial charge in [-0.2, -0.15) is 0 Å². The number of hydrogen-bond acceptors (Lipinski definition) is 3. The van der Waals surface area contributed by atoms with Crippen LogP contribution in [-0.2, 0) is 6.42 Å². The van der Waals surface area contributed by atoms with E-state index in [0.717, 1.165) is 12.2 Å². The first kappa shape index (κ1) is 17.9. The molecule has 1 aliphatic heterocycles. The smallest absolute Gasteiger partial charge is 0.128 e. The Labute approximate surface area is 119 Å². The number of aromatic nitrogens is 1. The van der Waals surface area contributed by atoms with Crippen molar-refractivity contribution in [1.29, 1.82) is 0 Å². The molecule has 3 heteroatoms. The van der Waals surface area contributed by atoms with Crippen molar-refractivity contribution in [3.63, 3.8) is 0 Å². The van der Waals surface area contributed by atoms with E-state index < -0.39 is 0 Å². The van der Waals surface area contributed by atoms with E-state index in [1.807, 2.05) is 39.9 Å². The van der Waals surface area contributed by atoms with Gasteiger partial charge in [0, 0.05) is 18.8 Å². The Hall–Kier alpha value is -1.09. The molecule has 0 bridgehead atoms. The van der Waals surface area contributed by atoms with E-state index in [1.54, 1.807) is 0 Å². The van der Waals surface area contributed by atoms with Crippen molar-refractivity contribution in [2.45, 2.75) is 40.0 Å². The molecule has 0 saturated carbocycles. The first-order chi connectivity index (χ1) is 9.13. The molecule has 1 aromatic rings. The zero-order chi connectivity index (χ0) is 14.7. The predicted octanol–water partition coefficient (Wildman–Crippen LogP) is 3.45. The van der Waals surface area contributed by atoms with Gasteiger partial charge in [0.25, 0.3) is 0 Å². The first-order valence-corrected chi connectivity index (χ1v) is 7.45. The van der Waals surface area contributed by atoms with E-state index in [2.05, 4.69) is 35.0 Å². The molecule has 2 heterocycles. The summed E-state index contributed by atoms with van der Waals surface area (Å²) >= 11 is 0. The molecule has 1 fully saturated rings. The standard InChI is InChI=1S/C11H16N2.C3H9N.C2H6/c1-2-10-6-5-7-11(12-10)13-8-3-4-9-13;1-4(2)3;1-2/h5-7H,2-4,8-9H2,1H3;1-3H3;1-2H3. The summed E-state index contributed by atoms with van der Waals surface area (Å²) in [5, 5.41) is 0. The Morgan fingerprint density at radius 2 is 1.63 bits per heavy atom. The monoisotopic (exact) mass is 265 g/mol. The van der Waals surface area contributed by atoms with Gasteiger partial charge in [-0.05, 0) is 52.5 Å². The van der Waals surface area contributed by atoms with E-state index in [4.69, 9.17) is 0 Å². The fourth-order valence-electron chi connectivity index (χ4n) is 1.79. The number of rotatable bonds is 2. The van der Waals surface area contributed by atoms with Crippen molar-refractivity contribution >= 4 is 5.82 Å². The van der Waals surface area contributed by atoms with Gasteiger partial charge < -0.3 is 9.80 Å². The van der Waals surface area contributed by atoms with Crippen LogP contribution in [0.15, 0.2) is 18.2 Å². The third-order valence-electron chi connectivity index (χ3n) is 2.58.